The SMILES string of the molecule is Cl.O=C(NCCCCN1CCN(c2ccccc2)CC1)C1CNC1. The van der Waals surface area contributed by atoms with Crippen molar-refractivity contribution in [3.05, 3.63) is 30.3 Å². The lowest BCUT2D eigenvalue weighted by molar-refractivity contribution is -0.126. The van der Waals surface area contributed by atoms with Crippen LogP contribution in [0.1, 0.15) is 12.8 Å². The number of halogens is 1. The van der Waals surface area contributed by atoms with Gasteiger partial charge in [0, 0.05) is 51.5 Å². The van der Waals surface area contributed by atoms with E-state index in [2.05, 4.69) is 50.8 Å². The molecule has 0 radical (unpaired) electrons. The van der Waals surface area contributed by atoms with E-state index in [1.807, 2.05) is 0 Å². The maximum Gasteiger partial charge on any atom is 0.225 e. The average molecular weight is 353 g/mol. The minimum Gasteiger partial charge on any atom is -0.369 e. The van der Waals surface area contributed by atoms with Crippen LogP contribution in [-0.4, -0.2) is 63.2 Å². The Hall–Kier alpha value is -1.30. The monoisotopic (exact) mass is 352 g/mol. The highest BCUT2D eigenvalue weighted by Crippen LogP contribution is 2.15. The first-order valence-electron chi connectivity index (χ1n) is 8.84. The van der Waals surface area contributed by atoms with E-state index in [1.54, 1.807) is 0 Å². The van der Waals surface area contributed by atoms with Crippen molar-refractivity contribution in [1.29, 1.82) is 0 Å². The van der Waals surface area contributed by atoms with E-state index in [0.717, 1.165) is 65.2 Å². The van der Waals surface area contributed by atoms with Gasteiger partial charge < -0.3 is 15.5 Å². The molecule has 134 valence electrons. The number of hydrogen-bond donors (Lipinski definition) is 2. The molecule has 0 saturated carbocycles. The van der Waals surface area contributed by atoms with Gasteiger partial charge in [-0.05, 0) is 31.5 Å². The molecule has 2 heterocycles. The second-order valence-electron chi connectivity index (χ2n) is 6.52. The molecule has 0 aliphatic carbocycles. The Labute approximate surface area is 151 Å². The summed E-state index contributed by atoms with van der Waals surface area (Å²) in [5.41, 5.74) is 1.33. The first-order chi connectivity index (χ1) is 11.3. The molecule has 2 aliphatic rings. The lowest BCUT2D eigenvalue weighted by Crippen LogP contribution is -2.51. The topological polar surface area (TPSA) is 47.6 Å². The third kappa shape index (κ3) is 5.36. The zero-order valence-corrected chi connectivity index (χ0v) is 15.1. The van der Waals surface area contributed by atoms with E-state index in [-0.39, 0.29) is 24.2 Å². The van der Waals surface area contributed by atoms with E-state index in [4.69, 9.17) is 0 Å². The van der Waals surface area contributed by atoms with Crippen LogP contribution in [0.4, 0.5) is 5.69 Å². The normalized spacial score (nSPS) is 18.6. The number of nitrogens with one attached hydrogen (secondary N) is 2. The maximum absolute atomic E-state index is 11.7. The quantitative estimate of drug-likeness (QED) is 0.727. The number of amides is 1. The number of carbonyl (C=O) groups is 1. The number of nitrogens with zero attached hydrogens (tertiary/aromatic N) is 2. The summed E-state index contributed by atoms with van der Waals surface area (Å²) in [6.45, 7) is 8.13. The summed E-state index contributed by atoms with van der Waals surface area (Å²) in [5.74, 6) is 0.432. The van der Waals surface area contributed by atoms with E-state index in [9.17, 15) is 4.79 Å². The van der Waals surface area contributed by atoms with Crippen LogP contribution in [0.2, 0.25) is 0 Å². The van der Waals surface area contributed by atoms with Crippen molar-refractivity contribution in [1.82, 2.24) is 15.5 Å². The standard InChI is InChI=1S/C18H28N4O.ClH/c23-18(16-14-19-15-16)20-8-4-5-9-21-10-12-22(13-11-21)17-6-2-1-3-7-17;/h1-3,6-7,16,19H,4-5,8-15H2,(H,20,23);1H. The maximum atomic E-state index is 11.7. The van der Waals surface area contributed by atoms with Gasteiger partial charge in [0.15, 0.2) is 0 Å². The third-order valence-corrected chi connectivity index (χ3v) is 4.85. The predicted octanol–water partition coefficient (Wildman–Crippen LogP) is 1.35. The Morgan fingerprint density at radius 2 is 1.79 bits per heavy atom. The van der Waals surface area contributed by atoms with Gasteiger partial charge in [0.2, 0.25) is 5.91 Å². The van der Waals surface area contributed by atoms with Gasteiger partial charge in [-0.2, -0.15) is 0 Å². The van der Waals surface area contributed by atoms with Crippen LogP contribution < -0.4 is 15.5 Å². The van der Waals surface area contributed by atoms with Crippen molar-refractivity contribution in [2.24, 2.45) is 5.92 Å². The van der Waals surface area contributed by atoms with Gasteiger partial charge in [0.05, 0.1) is 5.92 Å². The molecule has 24 heavy (non-hydrogen) atoms. The highest BCUT2D eigenvalue weighted by molar-refractivity contribution is 5.85. The van der Waals surface area contributed by atoms with E-state index in [0.29, 0.717) is 0 Å². The predicted molar refractivity (Wildman–Crippen MR) is 101 cm³/mol. The van der Waals surface area contributed by atoms with Crippen molar-refractivity contribution < 1.29 is 4.79 Å². The summed E-state index contributed by atoms with van der Waals surface area (Å²) >= 11 is 0. The van der Waals surface area contributed by atoms with Crippen LogP contribution in [0.3, 0.4) is 0 Å². The number of benzene rings is 1. The number of unbranched alkanes of at least 4 members (excludes halogenated alkanes) is 1. The zero-order chi connectivity index (χ0) is 15.9. The van der Waals surface area contributed by atoms with Gasteiger partial charge in [-0.3, -0.25) is 9.69 Å². The van der Waals surface area contributed by atoms with E-state index < -0.39 is 0 Å². The molecule has 1 aromatic rings. The van der Waals surface area contributed by atoms with Crippen LogP contribution >= 0.6 is 12.4 Å². The van der Waals surface area contributed by atoms with Gasteiger partial charge in [-0.15, -0.1) is 12.4 Å². The van der Waals surface area contributed by atoms with Gasteiger partial charge in [-0.25, -0.2) is 0 Å². The zero-order valence-electron chi connectivity index (χ0n) is 14.2. The van der Waals surface area contributed by atoms with Crippen LogP contribution in [0, 0.1) is 5.92 Å². The Bertz CT molecular complexity index is 487. The first-order valence-corrected chi connectivity index (χ1v) is 8.84. The molecular weight excluding hydrogens is 324 g/mol. The molecule has 0 unspecified atom stereocenters. The summed E-state index contributed by atoms with van der Waals surface area (Å²) in [6, 6.07) is 10.7. The molecule has 2 aliphatic heterocycles. The number of carbonyl (C=O) groups excluding carboxylic acids is 1. The Morgan fingerprint density at radius 3 is 2.42 bits per heavy atom. The van der Waals surface area contributed by atoms with Crippen molar-refractivity contribution >= 4 is 24.0 Å². The minimum absolute atomic E-state index is 0. The highest BCUT2D eigenvalue weighted by Gasteiger charge is 2.24. The Balaban J connectivity index is 0.00000208. The van der Waals surface area contributed by atoms with Gasteiger partial charge in [0.1, 0.15) is 0 Å². The first kappa shape index (κ1) is 19.0. The number of anilines is 1. The largest absolute Gasteiger partial charge is 0.369 e. The molecule has 1 aromatic carbocycles. The second kappa shape index (κ2) is 9.87. The number of hydrogen-bond acceptors (Lipinski definition) is 4. The fourth-order valence-electron chi connectivity index (χ4n) is 3.16. The molecule has 0 atom stereocenters. The van der Waals surface area contributed by atoms with Crippen LogP contribution in [-0.2, 0) is 4.79 Å². The number of para-hydroxylation sites is 1. The summed E-state index contributed by atoms with van der Waals surface area (Å²) in [4.78, 5) is 16.7. The van der Waals surface area contributed by atoms with Crippen LogP contribution in [0.15, 0.2) is 30.3 Å². The Morgan fingerprint density at radius 1 is 1.08 bits per heavy atom. The van der Waals surface area contributed by atoms with Crippen molar-refractivity contribution in [3.63, 3.8) is 0 Å². The van der Waals surface area contributed by atoms with Crippen LogP contribution in [0.25, 0.3) is 0 Å². The third-order valence-electron chi connectivity index (χ3n) is 4.85. The van der Waals surface area contributed by atoms with E-state index >= 15 is 0 Å². The fourth-order valence-corrected chi connectivity index (χ4v) is 3.16. The molecule has 6 heteroatoms. The summed E-state index contributed by atoms with van der Waals surface area (Å²) < 4.78 is 0. The summed E-state index contributed by atoms with van der Waals surface area (Å²) in [5, 5.41) is 6.18. The number of rotatable bonds is 7. The number of piperazine rings is 1. The van der Waals surface area contributed by atoms with Crippen molar-refractivity contribution in [2.45, 2.75) is 12.8 Å². The van der Waals surface area contributed by atoms with Gasteiger partial charge in [0.25, 0.3) is 0 Å². The van der Waals surface area contributed by atoms with Crippen LogP contribution in [0.5, 0.6) is 0 Å². The van der Waals surface area contributed by atoms with Gasteiger partial charge in [-0.1, -0.05) is 18.2 Å². The summed E-state index contributed by atoms with van der Waals surface area (Å²) in [6.07, 6.45) is 2.24. The molecule has 0 bridgehead atoms. The molecule has 5 nitrogen and oxygen atoms in total. The average Bonchev–Trinajstić information content (AvgIpc) is 2.54. The molecule has 1 amide bonds. The fraction of sp³-hybridized carbons (Fsp3) is 0.611. The van der Waals surface area contributed by atoms with Gasteiger partial charge >= 0.3 is 0 Å². The molecular formula is C18H29ClN4O. The molecule has 0 aromatic heterocycles. The lowest BCUT2D eigenvalue weighted by atomic mass is 10.0. The molecule has 2 N–H and O–H groups in total. The van der Waals surface area contributed by atoms with E-state index in [1.165, 1.54) is 5.69 Å². The molecule has 2 saturated heterocycles. The smallest absolute Gasteiger partial charge is 0.225 e. The minimum atomic E-state index is 0. The Kier molecular flexibility index (Phi) is 7.82. The lowest BCUT2D eigenvalue weighted by Gasteiger charge is -2.36. The molecule has 3 rings (SSSR count). The van der Waals surface area contributed by atoms with Crippen molar-refractivity contribution in [3.8, 4) is 0 Å². The van der Waals surface area contributed by atoms with Crippen molar-refractivity contribution in [2.75, 3.05) is 57.3 Å². The second-order valence-corrected chi connectivity index (χ2v) is 6.52. The summed E-state index contributed by atoms with van der Waals surface area (Å²) in [7, 11) is 0. The molecule has 2 fully saturated rings. The molecule has 0 spiro atoms. The highest BCUT2D eigenvalue weighted by atomic mass is 35.5.